The molecule has 0 heterocycles. The second kappa shape index (κ2) is 34.3. The fraction of sp³-hybridized carbons (Fsp3) is 0.789. The number of carbonyl (C=O) groups is 8. The zero-order chi connectivity index (χ0) is 45.3. The Kier molecular flexibility index (Phi) is 31.7. The van der Waals surface area contributed by atoms with E-state index < -0.39 is 47.8 Å². The molecule has 0 radical (unpaired) electrons. The lowest BCUT2D eigenvalue weighted by Crippen LogP contribution is -2.41. The molecule has 0 unspecified atom stereocenters. The fourth-order valence-corrected chi connectivity index (χ4v) is 6.40. The molecule has 0 fully saturated rings. The van der Waals surface area contributed by atoms with E-state index in [2.05, 4.69) is 9.80 Å². The molecule has 0 aliphatic rings. The molecule has 22 nitrogen and oxygen atoms in total. The molecule has 0 atom stereocenters. The second-order valence-corrected chi connectivity index (χ2v) is 14.6. The molecule has 0 rings (SSSR count). The van der Waals surface area contributed by atoms with Crippen LogP contribution >= 0.6 is 0 Å². The van der Waals surface area contributed by atoms with E-state index in [0.717, 1.165) is 0 Å². The lowest BCUT2D eigenvalue weighted by molar-refractivity contribution is -0.139. The van der Waals surface area contributed by atoms with E-state index in [1.165, 1.54) is 0 Å². The summed E-state index contributed by atoms with van der Waals surface area (Å²) in [4.78, 5) is 101. The van der Waals surface area contributed by atoms with Crippen LogP contribution < -0.4 is 0 Å². The third-order valence-electron chi connectivity index (χ3n) is 9.66. The van der Waals surface area contributed by atoms with Crippen molar-refractivity contribution in [2.75, 3.05) is 118 Å². The molecule has 0 saturated heterocycles. The minimum atomic E-state index is -1.01. The summed E-state index contributed by atoms with van der Waals surface area (Å²) in [6.45, 7) is 6.25. The summed E-state index contributed by atoms with van der Waals surface area (Å²) in [6.07, 6.45) is 0.980. The second-order valence-electron chi connectivity index (χ2n) is 14.6. The highest BCUT2D eigenvalue weighted by molar-refractivity contribution is 5.69. The first kappa shape index (κ1) is 55.5. The normalized spacial score (nSPS) is 11.6. The van der Waals surface area contributed by atoms with Gasteiger partial charge in [0.15, 0.2) is 0 Å². The third-order valence-corrected chi connectivity index (χ3v) is 9.66. The Hall–Kier alpha value is -4.48. The molecule has 0 bridgehead atoms. The number of aliphatic carboxylic acids is 8. The summed E-state index contributed by atoms with van der Waals surface area (Å²) in [5.74, 6) is -8.07. The van der Waals surface area contributed by atoms with Gasteiger partial charge in [0, 0.05) is 65.4 Å². The minimum Gasteiger partial charge on any atom is -0.481 e. The van der Waals surface area contributed by atoms with Gasteiger partial charge in [0.05, 0.1) is 51.4 Å². The van der Waals surface area contributed by atoms with E-state index in [4.69, 9.17) is 0 Å². The molecule has 0 aromatic rings. The SMILES string of the molecule is O=C(O)CCN(CCCN(CCCN(CCC(=O)O)CCC(=O)O)CCN(CCCN(CCC(=O)O)CCC(=O)O)CCCN(CCC(=O)O)CCC(=O)O)CCC(=O)O. The number of rotatable bonds is 43. The molecule has 0 aromatic heterocycles. The maximum absolute atomic E-state index is 11.3. The molecular weight excluding hydrogens is 796 g/mol. The van der Waals surface area contributed by atoms with Crippen LogP contribution in [-0.2, 0) is 38.4 Å². The minimum absolute atomic E-state index is 0.158. The largest absolute Gasteiger partial charge is 0.481 e. The van der Waals surface area contributed by atoms with Crippen molar-refractivity contribution in [1.29, 1.82) is 0 Å². The Labute approximate surface area is 350 Å². The van der Waals surface area contributed by atoms with E-state index in [9.17, 15) is 79.2 Å². The number of carboxylic acids is 8. The smallest absolute Gasteiger partial charge is 0.304 e. The van der Waals surface area contributed by atoms with Crippen molar-refractivity contribution in [1.82, 2.24) is 29.4 Å². The molecule has 22 heteroatoms. The van der Waals surface area contributed by atoms with Crippen LogP contribution in [0.4, 0.5) is 0 Å². The van der Waals surface area contributed by atoms with Crippen molar-refractivity contribution in [3.8, 4) is 0 Å². The van der Waals surface area contributed by atoms with Gasteiger partial charge in [-0.25, -0.2) is 0 Å². The number of hydrogen-bond donors (Lipinski definition) is 8. The highest BCUT2D eigenvalue weighted by Gasteiger charge is 2.17. The van der Waals surface area contributed by atoms with Gasteiger partial charge in [-0.3, -0.25) is 38.4 Å². The van der Waals surface area contributed by atoms with Crippen LogP contribution in [0.5, 0.6) is 0 Å². The van der Waals surface area contributed by atoms with E-state index in [1.54, 1.807) is 19.6 Å². The predicted molar refractivity (Wildman–Crippen MR) is 215 cm³/mol. The summed E-state index contributed by atoms with van der Waals surface area (Å²) in [5.41, 5.74) is 0. The summed E-state index contributed by atoms with van der Waals surface area (Å²) < 4.78 is 0. The van der Waals surface area contributed by atoms with E-state index >= 15 is 0 Å². The Morgan fingerprint density at radius 1 is 0.200 bits per heavy atom. The monoisotopic (exact) mass is 864 g/mol. The van der Waals surface area contributed by atoms with Crippen molar-refractivity contribution in [2.45, 2.75) is 77.0 Å². The molecule has 346 valence electrons. The first-order valence-corrected chi connectivity index (χ1v) is 20.4. The van der Waals surface area contributed by atoms with Crippen LogP contribution in [0.25, 0.3) is 0 Å². The molecule has 0 aliphatic heterocycles. The zero-order valence-corrected chi connectivity index (χ0v) is 34.7. The maximum Gasteiger partial charge on any atom is 0.304 e. The van der Waals surface area contributed by atoms with Gasteiger partial charge in [-0.1, -0.05) is 0 Å². The summed E-state index contributed by atoms with van der Waals surface area (Å²) in [7, 11) is 0. The van der Waals surface area contributed by atoms with Gasteiger partial charge >= 0.3 is 47.8 Å². The summed E-state index contributed by atoms with van der Waals surface area (Å²) in [5, 5.41) is 73.7. The maximum atomic E-state index is 11.3. The van der Waals surface area contributed by atoms with Crippen molar-refractivity contribution < 1.29 is 79.2 Å². The fourth-order valence-electron chi connectivity index (χ4n) is 6.40. The summed E-state index contributed by atoms with van der Waals surface area (Å²) >= 11 is 0. The molecule has 0 aliphatic carbocycles. The number of carboxylic acid groups (broad SMARTS) is 8. The van der Waals surface area contributed by atoms with Gasteiger partial charge in [-0.2, -0.15) is 0 Å². The van der Waals surface area contributed by atoms with Crippen LogP contribution in [0.2, 0.25) is 0 Å². The van der Waals surface area contributed by atoms with Crippen LogP contribution in [-0.4, -0.2) is 236 Å². The lowest BCUT2D eigenvalue weighted by Gasteiger charge is -2.31. The molecular formula is C38H68N6O16. The van der Waals surface area contributed by atoms with E-state index in [-0.39, 0.29) is 104 Å². The van der Waals surface area contributed by atoms with Crippen molar-refractivity contribution in [3.05, 3.63) is 0 Å². The van der Waals surface area contributed by atoms with Crippen LogP contribution in [0, 0.1) is 0 Å². The standard InChI is InChI=1S/C38H68N6O16/c45-31(46)5-21-41(22-6-32(47)48)17-1-13-39(14-2-18-42(23-7-33(49)50)24-8-34(51)52)29-30-40(15-3-19-43(25-9-35(53)54)26-10-36(55)56)16-4-20-44(27-11-37(57)58)28-12-38(59)60/h1-30H2,(H,45,46)(H,47,48)(H,49,50)(H,51,52)(H,53,54)(H,55,56)(H,57,58)(H,59,60). The Bertz CT molecular complexity index is 1050. The van der Waals surface area contributed by atoms with E-state index in [0.29, 0.717) is 91.1 Å². The van der Waals surface area contributed by atoms with Crippen LogP contribution in [0.15, 0.2) is 0 Å². The highest BCUT2D eigenvalue weighted by Crippen LogP contribution is 2.07. The molecule has 60 heavy (non-hydrogen) atoms. The van der Waals surface area contributed by atoms with Gasteiger partial charge in [-0.15, -0.1) is 0 Å². The first-order valence-electron chi connectivity index (χ1n) is 20.4. The molecule has 0 spiro atoms. The van der Waals surface area contributed by atoms with Crippen molar-refractivity contribution in [3.63, 3.8) is 0 Å². The quantitative estimate of drug-likeness (QED) is 0.0405. The van der Waals surface area contributed by atoms with Crippen LogP contribution in [0.1, 0.15) is 77.0 Å². The zero-order valence-electron chi connectivity index (χ0n) is 34.7. The molecule has 0 amide bonds. The average molecular weight is 865 g/mol. The van der Waals surface area contributed by atoms with E-state index in [1.807, 2.05) is 0 Å². The van der Waals surface area contributed by atoms with Gasteiger partial charge < -0.3 is 70.3 Å². The predicted octanol–water partition coefficient (Wildman–Crippen LogP) is 0.156. The molecule has 8 N–H and O–H groups in total. The molecule has 0 saturated carbocycles. The van der Waals surface area contributed by atoms with Gasteiger partial charge in [0.1, 0.15) is 0 Å². The van der Waals surface area contributed by atoms with Gasteiger partial charge in [-0.05, 0) is 78.0 Å². The first-order chi connectivity index (χ1) is 28.4. The van der Waals surface area contributed by atoms with Gasteiger partial charge in [0.25, 0.3) is 0 Å². The topological polar surface area (TPSA) is 318 Å². The van der Waals surface area contributed by atoms with Crippen LogP contribution in [0.3, 0.4) is 0 Å². The summed E-state index contributed by atoms with van der Waals surface area (Å²) in [6, 6.07) is 0. The number of hydrogen-bond acceptors (Lipinski definition) is 14. The van der Waals surface area contributed by atoms with Crippen molar-refractivity contribution in [2.24, 2.45) is 0 Å². The Balaban J connectivity index is 6.13. The Morgan fingerprint density at radius 3 is 0.433 bits per heavy atom. The third kappa shape index (κ3) is 35.5. The van der Waals surface area contributed by atoms with Gasteiger partial charge in [0.2, 0.25) is 0 Å². The lowest BCUT2D eigenvalue weighted by atomic mass is 10.2. The highest BCUT2D eigenvalue weighted by atomic mass is 16.4. The molecule has 0 aromatic carbocycles. The Morgan fingerprint density at radius 2 is 0.317 bits per heavy atom. The van der Waals surface area contributed by atoms with Crippen molar-refractivity contribution >= 4 is 47.8 Å². The average Bonchev–Trinajstić information content (AvgIpc) is 3.15. The number of nitrogens with zero attached hydrogens (tertiary/aromatic N) is 6.